The van der Waals surface area contributed by atoms with Crippen molar-refractivity contribution in [3.63, 3.8) is 0 Å². The predicted octanol–water partition coefficient (Wildman–Crippen LogP) is 2.05. The van der Waals surface area contributed by atoms with E-state index in [9.17, 15) is 9.59 Å². The Labute approximate surface area is 107 Å². The third-order valence-corrected chi connectivity index (χ3v) is 2.77. The van der Waals surface area contributed by atoms with E-state index in [1.54, 1.807) is 6.08 Å². The van der Waals surface area contributed by atoms with Crippen LogP contribution < -0.4 is 5.32 Å². The molecule has 0 aromatic heterocycles. The van der Waals surface area contributed by atoms with Crippen LogP contribution in [0.4, 0.5) is 0 Å². The monoisotopic (exact) mass is 297 g/mol. The fourth-order valence-corrected chi connectivity index (χ4v) is 1.52. The van der Waals surface area contributed by atoms with Gasteiger partial charge in [0.2, 0.25) is 5.91 Å². The number of nitrogens with one attached hydrogen (secondary N) is 1. The Balaban J connectivity index is 2.63. The number of carbonyl (C=O) groups is 2. The number of hydrogen-bond donors (Lipinski definition) is 2. The van der Waals surface area contributed by atoms with Crippen LogP contribution in [0.3, 0.4) is 0 Å². The first-order valence-corrected chi connectivity index (χ1v) is 5.76. The fraction of sp³-hybridized carbons (Fsp3) is 0.167. The van der Waals surface area contributed by atoms with E-state index in [1.807, 2.05) is 24.3 Å². The first kappa shape index (κ1) is 13.4. The second-order valence-electron chi connectivity index (χ2n) is 3.42. The van der Waals surface area contributed by atoms with Crippen LogP contribution in [0.5, 0.6) is 0 Å². The molecule has 0 fully saturated rings. The van der Waals surface area contributed by atoms with Crippen LogP contribution in [0, 0.1) is 0 Å². The normalized spacial score (nSPS) is 12.4. The van der Waals surface area contributed by atoms with Gasteiger partial charge < -0.3 is 10.4 Å². The van der Waals surface area contributed by atoms with E-state index in [0.717, 1.165) is 10.0 Å². The molecule has 0 spiro atoms. The molecule has 4 nitrogen and oxygen atoms in total. The zero-order chi connectivity index (χ0) is 12.8. The summed E-state index contributed by atoms with van der Waals surface area (Å²) < 4.78 is 0.871. The van der Waals surface area contributed by atoms with Crippen LogP contribution in [-0.2, 0) is 9.59 Å². The summed E-state index contributed by atoms with van der Waals surface area (Å²) in [5.41, 5.74) is 0.852. The van der Waals surface area contributed by atoms with Gasteiger partial charge in [-0.25, -0.2) is 0 Å². The lowest BCUT2D eigenvalue weighted by Crippen LogP contribution is -2.37. The van der Waals surface area contributed by atoms with Crippen molar-refractivity contribution < 1.29 is 14.7 Å². The van der Waals surface area contributed by atoms with E-state index in [4.69, 9.17) is 5.11 Å². The maximum atomic E-state index is 11.4. The van der Waals surface area contributed by atoms with Crippen molar-refractivity contribution in [3.05, 3.63) is 40.4 Å². The van der Waals surface area contributed by atoms with Gasteiger partial charge in [-0.15, -0.1) is 0 Å². The Kier molecular flexibility index (Phi) is 4.90. The summed E-state index contributed by atoms with van der Waals surface area (Å²) in [7, 11) is 0. The highest BCUT2D eigenvalue weighted by Crippen LogP contribution is 2.16. The minimum Gasteiger partial charge on any atom is -0.480 e. The first-order chi connectivity index (χ1) is 8.00. The van der Waals surface area contributed by atoms with Crippen LogP contribution in [0.15, 0.2) is 34.8 Å². The van der Waals surface area contributed by atoms with Crippen molar-refractivity contribution >= 4 is 33.9 Å². The van der Waals surface area contributed by atoms with Gasteiger partial charge in [-0.1, -0.05) is 34.1 Å². The van der Waals surface area contributed by atoms with Gasteiger partial charge in [0.05, 0.1) is 0 Å². The van der Waals surface area contributed by atoms with Gasteiger partial charge in [0, 0.05) is 10.5 Å². The summed E-state index contributed by atoms with van der Waals surface area (Å²) in [6.45, 7) is 1.41. The van der Waals surface area contributed by atoms with Gasteiger partial charge in [0.1, 0.15) is 6.04 Å². The molecule has 1 atom stereocenters. The van der Waals surface area contributed by atoms with Crippen LogP contribution >= 0.6 is 15.9 Å². The zero-order valence-electron chi connectivity index (χ0n) is 9.18. The number of hydrogen-bond acceptors (Lipinski definition) is 2. The van der Waals surface area contributed by atoms with E-state index in [1.165, 1.54) is 13.0 Å². The van der Waals surface area contributed by atoms with Gasteiger partial charge in [-0.3, -0.25) is 9.59 Å². The third kappa shape index (κ3) is 4.40. The van der Waals surface area contributed by atoms with E-state index in [2.05, 4.69) is 21.2 Å². The average Bonchev–Trinajstić information content (AvgIpc) is 2.27. The Morgan fingerprint density at radius 3 is 2.65 bits per heavy atom. The predicted molar refractivity (Wildman–Crippen MR) is 68.4 cm³/mol. The van der Waals surface area contributed by atoms with Crippen LogP contribution in [0.25, 0.3) is 6.08 Å². The summed E-state index contributed by atoms with van der Waals surface area (Å²) in [6.07, 6.45) is 2.92. The van der Waals surface area contributed by atoms with Crippen LogP contribution in [0.1, 0.15) is 12.5 Å². The number of benzene rings is 1. The van der Waals surface area contributed by atoms with Crippen molar-refractivity contribution in [1.29, 1.82) is 0 Å². The van der Waals surface area contributed by atoms with Gasteiger partial charge in [-0.05, 0) is 24.6 Å². The van der Waals surface area contributed by atoms with Crippen molar-refractivity contribution in [2.24, 2.45) is 0 Å². The third-order valence-electron chi connectivity index (χ3n) is 2.05. The smallest absolute Gasteiger partial charge is 0.325 e. The molecule has 0 unspecified atom stereocenters. The van der Waals surface area contributed by atoms with Crippen molar-refractivity contribution in [2.75, 3.05) is 0 Å². The Bertz CT molecular complexity index is 457. The van der Waals surface area contributed by atoms with Crippen molar-refractivity contribution in [3.8, 4) is 0 Å². The Hall–Kier alpha value is -1.62. The average molecular weight is 298 g/mol. The lowest BCUT2D eigenvalue weighted by Gasteiger charge is -2.06. The molecule has 1 rings (SSSR count). The summed E-state index contributed by atoms with van der Waals surface area (Å²) in [5, 5.41) is 10.9. The zero-order valence-corrected chi connectivity index (χ0v) is 10.8. The molecule has 2 N–H and O–H groups in total. The molecule has 0 aliphatic rings. The molecule has 0 heterocycles. The van der Waals surface area contributed by atoms with Crippen LogP contribution in [0.2, 0.25) is 0 Å². The van der Waals surface area contributed by atoms with Gasteiger partial charge in [0.25, 0.3) is 0 Å². The lowest BCUT2D eigenvalue weighted by molar-refractivity contribution is -0.140. The van der Waals surface area contributed by atoms with Crippen molar-refractivity contribution in [2.45, 2.75) is 13.0 Å². The lowest BCUT2D eigenvalue weighted by atomic mass is 10.2. The number of rotatable bonds is 4. The largest absolute Gasteiger partial charge is 0.480 e. The highest BCUT2D eigenvalue weighted by molar-refractivity contribution is 9.10. The highest BCUT2D eigenvalue weighted by atomic mass is 79.9. The molecule has 0 saturated heterocycles. The quantitative estimate of drug-likeness (QED) is 0.836. The Morgan fingerprint density at radius 2 is 2.06 bits per heavy atom. The maximum Gasteiger partial charge on any atom is 0.325 e. The van der Waals surface area contributed by atoms with Gasteiger partial charge in [0.15, 0.2) is 0 Å². The molecule has 0 saturated carbocycles. The standard InChI is InChI=1S/C12H12BrNO3/c1-8(12(16)17)14-11(15)7-6-9-4-2-3-5-10(9)13/h2-8H,1H3,(H,14,15)(H,16,17)/b7-6+/t8-/m0/s1. The fourth-order valence-electron chi connectivity index (χ4n) is 1.10. The minimum absolute atomic E-state index is 0.435. The number of halogens is 1. The van der Waals surface area contributed by atoms with E-state index >= 15 is 0 Å². The molecule has 0 aliphatic carbocycles. The topological polar surface area (TPSA) is 66.4 Å². The molecular formula is C12H12BrNO3. The van der Waals surface area contributed by atoms with Crippen LogP contribution in [-0.4, -0.2) is 23.0 Å². The van der Waals surface area contributed by atoms with Gasteiger partial charge >= 0.3 is 5.97 Å². The molecule has 1 aromatic rings. The number of carboxylic acid groups (broad SMARTS) is 1. The maximum absolute atomic E-state index is 11.4. The molecule has 90 valence electrons. The SMILES string of the molecule is C[C@H](NC(=O)/C=C/c1ccccc1Br)C(=O)O. The highest BCUT2D eigenvalue weighted by Gasteiger charge is 2.11. The second-order valence-corrected chi connectivity index (χ2v) is 4.28. The molecule has 1 aromatic carbocycles. The molecule has 5 heteroatoms. The number of aliphatic carboxylic acids is 1. The second kappa shape index (κ2) is 6.20. The summed E-state index contributed by atoms with van der Waals surface area (Å²) >= 11 is 3.34. The summed E-state index contributed by atoms with van der Waals surface area (Å²) in [5.74, 6) is -1.50. The molecule has 0 radical (unpaired) electrons. The van der Waals surface area contributed by atoms with Gasteiger partial charge in [-0.2, -0.15) is 0 Å². The Morgan fingerprint density at radius 1 is 1.41 bits per heavy atom. The van der Waals surface area contributed by atoms with E-state index in [0.29, 0.717) is 0 Å². The molecule has 1 amide bonds. The van der Waals surface area contributed by atoms with E-state index in [-0.39, 0.29) is 0 Å². The minimum atomic E-state index is -1.06. The number of amides is 1. The summed E-state index contributed by atoms with van der Waals surface area (Å²) in [6, 6.07) is 6.52. The molecular weight excluding hydrogens is 286 g/mol. The molecule has 0 bridgehead atoms. The number of carboxylic acids is 1. The first-order valence-electron chi connectivity index (χ1n) is 4.96. The molecule has 17 heavy (non-hydrogen) atoms. The van der Waals surface area contributed by atoms with Crippen molar-refractivity contribution in [1.82, 2.24) is 5.32 Å². The number of carbonyl (C=O) groups excluding carboxylic acids is 1. The molecule has 0 aliphatic heterocycles. The van der Waals surface area contributed by atoms with E-state index < -0.39 is 17.9 Å². The summed E-state index contributed by atoms with van der Waals surface area (Å²) in [4.78, 5) is 21.9.